The number of halogens is 2. The molecule has 5 bridgehead atoms. The molecule has 6 rings (SSSR count). The van der Waals surface area contributed by atoms with Gasteiger partial charge in [-0.15, -0.1) is 0 Å². The van der Waals surface area contributed by atoms with E-state index in [1.165, 1.54) is 4.90 Å². The highest BCUT2D eigenvalue weighted by molar-refractivity contribution is 9.11. The molecule has 0 aromatic heterocycles. The molecule has 0 unspecified atom stereocenters. The molecule has 0 radical (unpaired) electrons. The van der Waals surface area contributed by atoms with Crippen LogP contribution in [0.3, 0.4) is 0 Å². The predicted octanol–water partition coefficient (Wildman–Crippen LogP) is 4.07. The maximum absolute atomic E-state index is 14.7. The van der Waals surface area contributed by atoms with Gasteiger partial charge in [0.1, 0.15) is 29.8 Å². The lowest BCUT2D eigenvalue weighted by Gasteiger charge is -2.35. The van der Waals surface area contributed by atoms with Crippen LogP contribution in [0.1, 0.15) is 37.9 Å². The normalized spacial score (nSPS) is 32.2. The summed E-state index contributed by atoms with van der Waals surface area (Å²) < 4.78 is 13.3. The number of nitrogens with one attached hydrogen (secondary N) is 1. The first-order valence-corrected chi connectivity index (χ1v) is 16.6. The van der Waals surface area contributed by atoms with Gasteiger partial charge in [0, 0.05) is 41.3 Å². The fraction of sp³-hybridized carbons (Fsp3) is 0.412. The van der Waals surface area contributed by atoms with Gasteiger partial charge < -0.3 is 29.7 Å². The SMILES string of the molecule is C[C@@H]1NC(=O)CC/C=C\CN(c2ccc(Cl)cc2)C(=O)[C@H]2N(CCCO)C(=O)[C@@H]3[C@@H](C(=O)O[C@H]1c1ccccc1)[C@@H]1O[C@@]32C=C1Br. The number of likely N-dealkylation sites (tertiary alicyclic amines) is 1. The van der Waals surface area contributed by atoms with Crippen LogP contribution in [0.2, 0.25) is 5.02 Å². The van der Waals surface area contributed by atoms with Crippen molar-refractivity contribution in [3.63, 3.8) is 0 Å². The molecule has 2 aromatic rings. The Morgan fingerprint density at radius 3 is 2.48 bits per heavy atom. The molecule has 0 saturated carbocycles. The Morgan fingerprint density at radius 1 is 1.02 bits per heavy atom. The number of benzene rings is 2. The number of fused-ring (bicyclic) bond motifs is 2. The van der Waals surface area contributed by atoms with Crippen molar-refractivity contribution >= 4 is 56.9 Å². The fourth-order valence-electron chi connectivity index (χ4n) is 7.06. The summed E-state index contributed by atoms with van der Waals surface area (Å²) in [6.45, 7) is 1.82. The van der Waals surface area contributed by atoms with Crippen LogP contribution in [0.4, 0.5) is 5.69 Å². The second-order valence-corrected chi connectivity index (χ2v) is 13.3. The van der Waals surface area contributed by atoms with Crippen molar-refractivity contribution in [3.05, 3.63) is 87.9 Å². The standard InChI is InChI=1S/C34H35BrClN3O7/c1-20-28(21-9-4-2-5-10-21)45-33(44)26-27-31(42)39(17-8-18-40)30(34(27)19-24(35)29(26)46-34)32(43)38(23-14-12-22(36)13-15-23)16-7-3-6-11-25(41)37-20/h2-5,7,9-10,12-15,19-20,26-30,40H,6,8,11,16-18H2,1H3,(H,37,41)/b7-3-/t20-,26+,27-,28+,29+,30+,34-/m0/s1. The number of aliphatic hydroxyl groups excluding tert-OH is 1. The molecule has 4 aliphatic rings. The van der Waals surface area contributed by atoms with Crippen LogP contribution in [0.25, 0.3) is 0 Å². The number of amides is 3. The summed E-state index contributed by atoms with van der Waals surface area (Å²) >= 11 is 9.73. The molecule has 1 spiro atoms. The summed E-state index contributed by atoms with van der Waals surface area (Å²) in [5, 5.41) is 13.2. The van der Waals surface area contributed by atoms with Crippen LogP contribution >= 0.6 is 27.5 Å². The third-order valence-electron chi connectivity index (χ3n) is 9.10. The smallest absolute Gasteiger partial charge is 0.313 e. The largest absolute Gasteiger partial charge is 0.455 e. The van der Waals surface area contributed by atoms with Gasteiger partial charge in [-0.05, 0) is 55.7 Å². The van der Waals surface area contributed by atoms with Gasteiger partial charge in [-0.25, -0.2) is 0 Å². The molecule has 0 aliphatic carbocycles. The number of nitrogens with zero attached hydrogens (tertiary/aromatic N) is 2. The molecule has 7 atom stereocenters. The van der Waals surface area contributed by atoms with Gasteiger partial charge in [0.2, 0.25) is 11.8 Å². The minimum absolute atomic E-state index is 0.0885. The van der Waals surface area contributed by atoms with E-state index in [0.29, 0.717) is 27.2 Å². The van der Waals surface area contributed by atoms with E-state index in [4.69, 9.17) is 21.1 Å². The van der Waals surface area contributed by atoms with Crippen LogP contribution < -0.4 is 10.2 Å². The molecule has 2 N–H and O–H groups in total. The quantitative estimate of drug-likeness (QED) is 0.354. The summed E-state index contributed by atoms with van der Waals surface area (Å²) in [7, 11) is 0. The number of aliphatic hydroxyl groups is 1. The first-order chi connectivity index (χ1) is 22.2. The number of ether oxygens (including phenoxy) is 2. The van der Waals surface area contributed by atoms with Gasteiger partial charge in [-0.3, -0.25) is 19.2 Å². The fourth-order valence-corrected chi connectivity index (χ4v) is 7.92. The van der Waals surface area contributed by atoms with E-state index in [2.05, 4.69) is 21.2 Å². The lowest BCUT2D eigenvalue weighted by atomic mass is 9.74. The molecule has 3 amide bonds. The lowest BCUT2D eigenvalue weighted by molar-refractivity contribution is -0.161. The van der Waals surface area contributed by atoms with E-state index in [-0.39, 0.29) is 38.4 Å². The molecule has 2 aromatic carbocycles. The zero-order valence-electron chi connectivity index (χ0n) is 25.2. The van der Waals surface area contributed by atoms with E-state index in [1.54, 1.807) is 42.2 Å². The Labute approximate surface area is 280 Å². The van der Waals surface area contributed by atoms with Crippen molar-refractivity contribution in [1.29, 1.82) is 0 Å². The minimum atomic E-state index is -1.46. The number of carbonyl (C=O) groups excluding carboxylic acids is 4. The molecular formula is C34H35BrClN3O7. The molecule has 2 saturated heterocycles. The van der Waals surface area contributed by atoms with Gasteiger partial charge in [0.05, 0.1) is 12.0 Å². The number of hydrogen-bond acceptors (Lipinski definition) is 7. The van der Waals surface area contributed by atoms with Crippen molar-refractivity contribution < 1.29 is 33.8 Å². The Hall–Kier alpha value is -3.51. The molecule has 242 valence electrons. The Bertz CT molecular complexity index is 1570. The Morgan fingerprint density at radius 2 is 1.76 bits per heavy atom. The van der Waals surface area contributed by atoms with E-state index >= 15 is 0 Å². The zero-order valence-corrected chi connectivity index (χ0v) is 27.5. The van der Waals surface area contributed by atoms with Crippen LogP contribution in [0.5, 0.6) is 0 Å². The van der Waals surface area contributed by atoms with E-state index in [9.17, 15) is 24.3 Å². The van der Waals surface area contributed by atoms with Gasteiger partial charge in [-0.1, -0.05) is 70.0 Å². The summed E-state index contributed by atoms with van der Waals surface area (Å²) in [4.78, 5) is 59.2. The number of rotatable bonds is 5. The van der Waals surface area contributed by atoms with Crippen molar-refractivity contribution in [2.75, 3.05) is 24.6 Å². The first-order valence-electron chi connectivity index (χ1n) is 15.4. The topological polar surface area (TPSA) is 125 Å². The highest BCUT2D eigenvalue weighted by Crippen LogP contribution is 2.59. The van der Waals surface area contributed by atoms with Gasteiger partial charge >= 0.3 is 5.97 Å². The second-order valence-electron chi connectivity index (χ2n) is 12.0. The van der Waals surface area contributed by atoms with Crippen LogP contribution in [-0.4, -0.2) is 77.2 Å². The van der Waals surface area contributed by atoms with E-state index in [0.717, 1.165) is 0 Å². The molecule has 2 fully saturated rings. The predicted molar refractivity (Wildman–Crippen MR) is 174 cm³/mol. The molecule has 10 nitrogen and oxygen atoms in total. The van der Waals surface area contributed by atoms with Crippen molar-refractivity contribution in [1.82, 2.24) is 10.2 Å². The summed E-state index contributed by atoms with van der Waals surface area (Å²) in [5.74, 6) is -3.82. The van der Waals surface area contributed by atoms with E-state index in [1.807, 2.05) is 42.5 Å². The highest BCUT2D eigenvalue weighted by atomic mass is 79.9. The molecule has 12 heteroatoms. The monoisotopic (exact) mass is 711 g/mol. The third kappa shape index (κ3) is 5.78. The average molecular weight is 713 g/mol. The molecule has 4 aliphatic heterocycles. The van der Waals surface area contributed by atoms with Gasteiger partial charge in [0.25, 0.3) is 5.91 Å². The third-order valence-corrected chi connectivity index (χ3v) is 10.0. The van der Waals surface area contributed by atoms with Crippen LogP contribution in [0, 0.1) is 11.8 Å². The van der Waals surface area contributed by atoms with Gasteiger partial charge in [0.15, 0.2) is 0 Å². The van der Waals surface area contributed by atoms with Crippen molar-refractivity contribution in [2.24, 2.45) is 11.8 Å². The number of cyclic esters (lactones) is 1. The van der Waals surface area contributed by atoms with Crippen molar-refractivity contribution in [2.45, 2.75) is 56.1 Å². The summed E-state index contributed by atoms with van der Waals surface area (Å²) in [6, 6.07) is 14.2. The molecule has 46 heavy (non-hydrogen) atoms. The number of anilines is 1. The van der Waals surface area contributed by atoms with Gasteiger partial charge in [-0.2, -0.15) is 0 Å². The minimum Gasteiger partial charge on any atom is -0.455 e. The maximum Gasteiger partial charge on any atom is 0.313 e. The average Bonchev–Trinajstić information content (AvgIpc) is 3.63. The molecule has 4 heterocycles. The van der Waals surface area contributed by atoms with Crippen LogP contribution in [-0.2, 0) is 28.7 Å². The Kier molecular flexibility index (Phi) is 9.38. The van der Waals surface area contributed by atoms with Crippen LogP contribution in [0.15, 0.2) is 77.3 Å². The lowest BCUT2D eigenvalue weighted by Crippen LogP contribution is -2.56. The van der Waals surface area contributed by atoms with E-state index < -0.39 is 59.5 Å². The number of esters is 1. The number of allylic oxidation sites excluding steroid dienone is 1. The summed E-state index contributed by atoms with van der Waals surface area (Å²) in [5.41, 5.74) is -0.222. The zero-order chi connectivity index (χ0) is 32.6. The first kappa shape index (κ1) is 32.4. The summed E-state index contributed by atoms with van der Waals surface area (Å²) in [6.07, 6.45) is 4.53. The number of hydrogen-bond donors (Lipinski definition) is 2. The Balaban J connectivity index is 1.46. The maximum atomic E-state index is 14.7. The second kappa shape index (κ2) is 13.3. The van der Waals surface area contributed by atoms with Crippen molar-refractivity contribution in [3.8, 4) is 0 Å². The molecular weight excluding hydrogens is 678 g/mol. The highest BCUT2D eigenvalue weighted by Gasteiger charge is 2.75. The number of carbonyl (C=O) groups is 4.